The van der Waals surface area contributed by atoms with Crippen LogP contribution in [0, 0.1) is 19.7 Å². The second kappa shape index (κ2) is 19.0. The fraction of sp³-hybridized carbons (Fsp3) is 0.245. The minimum atomic E-state index is -1.46. The van der Waals surface area contributed by atoms with Crippen molar-refractivity contribution in [2.45, 2.75) is 69.9 Å². The summed E-state index contributed by atoms with van der Waals surface area (Å²) < 4.78 is 43.4. The maximum Gasteiger partial charge on any atom is 0.437 e. The molecule has 79 heavy (non-hydrogen) atoms. The van der Waals surface area contributed by atoms with Gasteiger partial charge in [-0.2, -0.15) is 19.3 Å². The summed E-state index contributed by atoms with van der Waals surface area (Å²) in [6, 6.07) is 21.9. The topological polar surface area (TPSA) is 322 Å². The molecule has 0 bridgehead atoms. The first-order chi connectivity index (χ1) is 38.4. The normalized spacial score (nSPS) is 18.9. The maximum atomic E-state index is 13.5. The summed E-state index contributed by atoms with van der Waals surface area (Å²) in [4.78, 5) is 66.2. The third kappa shape index (κ3) is 8.18. The average Bonchev–Trinajstić information content (AvgIpc) is 4.09. The van der Waals surface area contributed by atoms with E-state index in [9.17, 15) is 14.0 Å². The summed E-state index contributed by atoms with van der Waals surface area (Å²) in [6.45, 7) is 5.97. The quantitative estimate of drug-likeness (QED) is 0.0893. The molecule has 25 nitrogen and oxygen atoms in total. The molecule has 12 heterocycles. The summed E-state index contributed by atoms with van der Waals surface area (Å²) in [5.41, 5.74) is 6.11. The Morgan fingerprint density at radius 2 is 1.24 bits per heavy atom. The summed E-state index contributed by atoms with van der Waals surface area (Å²) >= 11 is 0. The number of aromatic nitrogens is 16. The van der Waals surface area contributed by atoms with Crippen LogP contribution in [-0.2, 0) is 48.9 Å². The summed E-state index contributed by atoms with van der Waals surface area (Å²) in [6.07, 6.45) is 7.47. The molecule has 398 valence electrons. The van der Waals surface area contributed by atoms with E-state index in [1.54, 1.807) is 25.4 Å². The van der Waals surface area contributed by atoms with Crippen molar-refractivity contribution < 1.29 is 27.0 Å². The van der Waals surface area contributed by atoms with Crippen molar-refractivity contribution in [3.63, 3.8) is 0 Å². The minimum Gasteiger partial charge on any atom is -0.389 e. The van der Waals surface area contributed by atoms with Gasteiger partial charge in [-0.1, -0.05) is 52.8 Å². The van der Waals surface area contributed by atoms with Crippen LogP contribution in [0.5, 0.6) is 0 Å². The number of methoxy groups -OCH3 is 1. The predicted octanol–water partition coefficient (Wildman–Crippen LogP) is 5.79. The lowest BCUT2D eigenvalue weighted by atomic mass is 9.82. The molecule has 0 fully saturated rings. The van der Waals surface area contributed by atoms with Crippen LogP contribution in [0.4, 0.5) is 4.39 Å². The molecule has 0 saturated heterocycles. The number of pyridine rings is 2. The highest BCUT2D eigenvalue weighted by Crippen LogP contribution is 2.47. The minimum absolute atomic E-state index is 0.0225. The fourth-order valence-electron chi connectivity index (χ4n) is 10.5. The monoisotopic (exact) mass is 1070 g/mol. The molecule has 10 aromatic heterocycles. The first-order valence-corrected chi connectivity index (χ1v) is 25.1. The van der Waals surface area contributed by atoms with Gasteiger partial charge in [0, 0.05) is 55.6 Å². The lowest BCUT2D eigenvalue weighted by Crippen LogP contribution is -2.52. The molecule has 6 N–H and O–H groups in total. The number of fused-ring (bicyclic) bond motifs is 6. The number of aryl methyl sites for hydroxylation is 4. The van der Waals surface area contributed by atoms with E-state index in [4.69, 9.17) is 27.6 Å². The molecule has 0 saturated carbocycles. The zero-order chi connectivity index (χ0) is 54.2. The van der Waals surface area contributed by atoms with E-state index in [2.05, 4.69) is 82.1 Å². The maximum absolute atomic E-state index is 13.5. The highest BCUT2D eigenvalue weighted by molar-refractivity contribution is 5.87. The number of ether oxygens (including phenoxy) is 1. The molecule has 14 rings (SSSR count). The number of H-pyrrole nitrogens is 4. The van der Waals surface area contributed by atoms with E-state index >= 15 is 0 Å². The lowest BCUT2D eigenvalue weighted by molar-refractivity contribution is 0.151. The van der Waals surface area contributed by atoms with E-state index < -0.39 is 34.4 Å². The Bertz CT molecular complexity index is 4330. The first-order valence-electron chi connectivity index (χ1n) is 25.1. The van der Waals surface area contributed by atoms with Gasteiger partial charge < -0.3 is 42.6 Å². The van der Waals surface area contributed by atoms with Crippen LogP contribution >= 0.6 is 0 Å². The Hall–Kier alpha value is -9.79. The molecule has 0 radical (unpaired) electrons. The molecular formula is C53H47FN18O7. The van der Waals surface area contributed by atoms with E-state index in [0.717, 1.165) is 66.5 Å². The Balaban J connectivity index is 0.000000150. The van der Waals surface area contributed by atoms with Crippen molar-refractivity contribution >= 4 is 21.8 Å². The number of halogens is 1. The predicted molar refractivity (Wildman–Crippen MR) is 276 cm³/mol. The second-order valence-corrected chi connectivity index (χ2v) is 19.2. The number of hydrogen-bond donors (Lipinski definition) is 6. The molecule has 2 aliphatic rings. The molecule has 4 atom stereocenters. The summed E-state index contributed by atoms with van der Waals surface area (Å²) in [5, 5.41) is 26.8. The highest BCUT2D eigenvalue weighted by Gasteiger charge is 2.55. The number of para-hydroxylation sites is 2. The van der Waals surface area contributed by atoms with Crippen LogP contribution in [-0.4, -0.2) is 86.8 Å². The fourth-order valence-corrected chi connectivity index (χ4v) is 10.5. The van der Waals surface area contributed by atoms with Gasteiger partial charge in [0.05, 0.1) is 64.8 Å². The molecular weight excluding hydrogens is 1020 g/mol. The van der Waals surface area contributed by atoms with Gasteiger partial charge in [-0.3, -0.25) is 20.6 Å². The Labute approximate surface area is 444 Å². The van der Waals surface area contributed by atoms with E-state index in [1.807, 2.05) is 74.6 Å². The van der Waals surface area contributed by atoms with E-state index in [0.29, 0.717) is 54.0 Å². The van der Waals surface area contributed by atoms with Gasteiger partial charge in [0.1, 0.15) is 24.1 Å². The number of aromatic amines is 4. The molecule has 2 aliphatic heterocycles. The third-order valence-corrected chi connectivity index (χ3v) is 14.2. The van der Waals surface area contributed by atoms with Gasteiger partial charge in [-0.15, -0.1) is 10.2 Å². The zero-order valence-electron chi connectivity index (χ0n) is 42.8. The van der Waals surface area contributed by atoms with Crippen molar-refractivity contribution in [1.29, 1.82) is 0 Å². The first kappa shape index (κ1) is 48.8. The standard InChI is InChI=1S/C27H25N9O3.C26H22FN9O4/c1-4-36-26(37)38-25(34-36)27(24-30-15(3)39-35-24)22-17(16-7-5-6-8-18(16)31-22)11-20(33-27)23-29-13-21(32-23)19-10-9-14(2)12-28-19;1-36-25(37)39-24(34-36)26(23-32-20(12-38-2)40-35-23)21-15(14-5-3-4-6-16(14)30-21)9-18(33-26)22-29-11-19(31-22)17-8-7-13(27)10-28-17/h5-10,12-13,20,31,33H,4,11H2,1-3H3,(H,29,32);3-8,10-11,18,30,33H,9,12H2,1-2H3,(H,29,31)/t20-,27?;18-,26?/m11/s1. The molecule has 12 aromatic rings. The SMILES string of the molecule is CCn1nc(C2(c3noc(C)n3)N[C@@H](c3ncc(-c4ccc(C)cn4)[nH]3)Cc3c2[nH]c2ccccc32)oc1=O.COCc1nc(C2(c3nn(C)c(=O)o3)N[C@@H](c3ncc(-c4ccc(F)cn4)[nH]3)Cc3c2[nH]c2ccccc32)no1. The third-order valence-electron chi connectivity index (χ3n) is 14.2. The molecule has 2 aromatic carbocycles. The zero-order valence-corrected chi connectivity index (χ0v) is 42.8. The van der Waals surface area contributed by atoms with Crippen molar-refractivity contribution in [2.24, 2.45) is 7.05 Å². The molecule has 0 aliphatic carbocycles. The Kier molecular flexibility index (Phi) is 11.8. The number of benzene rings is 2. The van der Waals surface area contributed by atoms with Gasteiger partial charge in [-0.25, -0.2) is 23.9 Å². The molecule has 0 spiro atoms. The van der Waals surface area contributed by atoms with Gasteiger partial charge in [-0.05, 0) is 73.7 Å². The van der Waals surface area contributed by atoms with Gasteiger partial charge in [0.15, 0.2) is 0 Å². The Morgan fingerprint density at radius 3 is 1.76 bits per heavy atom. The van der Waals surface area contributed by atoms with E-state index in [1.165, 1.54) is 24.9 Å². The van der Waals surface area contributed by atoms with Gasteiger partial charge >= 0.3 is 11.5 Å². The molecule has 0 amide bonds. The number of hydrogen-bond acceptors (Lipinski definition) is 19. The van der Waals surface area contributed by atoms with Crippen LogP contribution in [0.1, 0.15) is 93.9 Å². The molecule has 2 unspecified atom stereocenters. The van der Waals surface area contributed by atoms with Crippen molar-refractivity contribution in [3.8, 4) is 22.8 Å². The summed E-state index contributed by atoms with van der Waals surface area (Å²) in [7, 11) is 3.02. The lowest BCUT2D eigenvalue weighted by Gasteiger charge is -2.37. The highest BCUT2D eigenvalue weighted by atomic mass is 19.1. The number of rotatable bonds is 11. The van der Waals surface area contributed by atoms with Crippen LogP contribution in [0.25, 0.3) is 44.6 Å². The van der Waals surface area contributed by atoms with Crippen molar-refractivity contribution in [1.82, 2.24) is 90.3 Å². The van der Waals surface area contributed by atoms with Crippen LogP contribution in [0.15, 0.2) is 125 Å². The van der Waals surface area contributed by atoms with Crippen molar-refractivity contribution in [3.05, 3.63) is 199 Å². The number of nitrogens with one attached hydrogen (secondary N) is 6. The van der Waals surface area contributed by atoms with Crippen molar-refractivity contribution in [2.75, 3.05) is 7.11 Å². The summed E-state index contributed by atoms with van der Waals surface area (Å²) in [5.74, 6) is 0.783. The molecule has 26 heteroatoms. The smallest absolute Gasteiger partial charge is 0.389 e. The van der Waals surface area contributed by atoms with Crippen LogP contribution in [0.3, 0.4) is 0 Å². The van der Waals surface area contributed by atoms with Crippen LogP contribution < -0.4 is 22.1 Å². The Morgan fingerprint density at radius 1 is 0.671 bits per heavy atom. The van der Waals surface area contributed by atoms with Gasteiger partial charge in [0.25, 0.3) is 17.7 Å². The number of imidazole rings is 2. The van der Waals surface area contributed by atoms with Crippen LogP contribution in [0.2, 0.25) is 0 Å². The van der Waals surface area contributed by atoms with E-state index in [-0.39, 0.29) is 42.0 Å². The second-order valence-electron chi connectivity index (χ2n) is 19.2. The average molecular weight is 1070 g/mol. The number of nitrogens with zero attached hydrogens (tertiary/aromatic N) is 12. The largest absolute Gasteiger partial charge is 0.437 e. The van der Waals surface area contributed by atoms with Gasteiger partial charge in [0.2, 0.25) is 28.6 Å².